The maximum Gasteiger partial charge on any atom is 0.315 e. The Balaban J connectivity index is 1.49. The van der Waals surface area contributed by atoms with Gasteiger partial charge in [0.1, 0.15) is 11.5 Å². The predicted molar refractivity (Wildman–Crippen MR) is 121 cm³/mol. The number of piperidine rings is 1. The Morgan fingerprint density at radius 3 is 2.10 bits per heavy atom. The number of ether oxygens (including phenoxy) is 1. The van der Waals surface area contributed by atoms with Gasteiger partial charge in [-0.05, 0) is 61.2 Å². The quantitative estimate of drug-likeness (QED) is 0.640. The molecule has 2 aromatic rings. The van der Waals surface area contributed by atoms with E-state index in [9.17, 15) is 9.59 Å². The number of nitrogens with two attached hydrogens (primary N) is 2. The maximum atomic E-state index is 11.8. The summed E-state index contributed by atoms with van der Waals surface area (Å²) in [7, 11) is 0. The normalized spacial score (nSPS) is 14.9. The third kappa shape index (κ3) is 6.46. The molecule has 0 unspecified atom stereocenters. The van der Waals surface area contributed by atoms with Crippen molar-refractivity contribution in [3.63, 3.8) is 0 Å². The molecule has 1 aliphatic rings. The SMILES string of the molecule is CCCCN(C(N)=O)C1CCN(Cc2ccc(Oc3ccc(C(N)=O)cc3)cc2)CC1. The number of hydrogen-bond donors (Lipinski definition) is 2. The summed E-state index contributed by atoms with van der Waals surface area (Å²) in [5, 5.41) is 0. The first-order valence-corrected chi connectivity index (χ1v) is 10.9. The highest BCUT2D eigenvalue weighted by Gasteiger charge is 2.26. The highest BCUT2D eigenvalue weighted by Crippen LogP contribution is 2.24. The van der Waals surface area contributed by atoms with Gasteiger partial charge in [0.15, 0.2) is 0 Å². The van der Waals surface area contributed by atoms with Gasteiger partial charge in [0.05, 0.1) is 0 Å². The molecule has 7 heteroatoms. The summed E-state index contributed by atoms with van der Waals surface area (Å²) in [6.07, 6.45) is 3.96. The molecule has 0 radical (unpaired) electrons. The van der Waals surface area contributed by atoms with Crippen molar-refractivity contribution >= 4 is 11.9 Å². The van der Waals surface area contributed by atoms with Gasteiger partial charge in [0.2, 0.25) is 5.91 Å². The fourth-order valence-electron chi connectivity index (χ4n) is 3.93. The summed E-state index contributed by atoms with van der Waals surface area (Å²) < 4.78 is 5.84. The number of carbonyl (C=O) groups is 2. The van der Waals surface area contributed by atoms with E-state index in [1.54, 1.807) is 24.3 Å². The van der Waals surface area contributed by atoms with Crippen LogP contribution < -0.4 is 16.2 Å². The van der Waals surface area contributed by atoms with Crippen LogP contribution in [0.3, 0.4) is 0 Å². The molecular weight excluding hydrogens is 392 g/mol. The Morgan fingerprint density at radius 2 is 1.58 bits per heavy atom. The first-order valence-electron chi connectivity index (χ1n) is 10.9. The molecule has 3 amide bonds. The van der Waals surface area contributed by atoms with Gasteiger partial charge >= 0.3 is 6.03 Å². The zero-order valence-corrected chi connectivity index (χ0v) is 18.1. The third-order valence-corrected chi connectivity index (χ3v) is 5.74. The molecule has 0 atom stereocenters. The summed E-state index contributed by atoms with van der Waals surface area (Å²) >= 11 is 0. The lowest BCUT2D eigenvalue weighted by Crippen LogP contribution is -2.49. The van der Waals surface area contributed by atoms with Crippen LogP contribution in [-0.2, 0) is 6.54 Å². The monoisotopic (exact) mass is 424 g/mol. The standard InChI is InChI=1S/C24H32N4O3/c1-2-3-14-28(24(26)30)20-12-15-27(16-13-20)17-18-4-8-21(9-5-18)31-22-10-6-19(7-11-22)23(25)29/h4-11,20H,2-3,12-17H2,1H3,(H2,25,29)(H2,26,30). The molecule has 2 aromatic carbocycles. The second-order valence-electron chi connectivity index (χ2n) is 8.03. The first kappa shape index (κ1) is 22.6. The van der Waals surface area contributed by atoms with E-state index in [1.807, 2.05) is 17.0 Å². The number of carbonyl (C=O) groups excluding carboxylic acids is 2. The Bertz CT molecular complexity index is 859. The van der Waals surface area contributed by atoms with Crippen LogP contribution in [0.5, 0.6) is 11.5 Å². The molecule has 0 bridgehead atoms. The number of primary amides is 2. The summed E-state index contributed by atoms with van der Waals surface area (Å²) in [4.78, 5) is 27.2. The van der Waals surface area contributed by atoms with Crippen LogP contribution in [0.1, 0.15) is 48.5 Å². The number of hydrogen-bond acceptors (Lipinski definition) is 4. The fourth-order valence-corrected chi connectivity index (χ4v) is 3.93. The van der Waals surface area contributed by atoms with Crippen molar-refractivity contribution in [3.05, 3.63) is 59.7 Å². The number of likely N-dealkylation sites (tertiary alicyclic amines) is 1. The molecule has 0 spiro atoms. The average Bonchev–Trinajstić information content (AvgIpc) is 2.76. The van der Waals surface area contributed by atoms with Gasteiger partial charge in [-0.3, -0.25) is 9.69 Å². The number of benzene rings is 2. The first-order chi connectivity index (χ1) is 15.0. The molecule has 31 heavy (non-hydrogen) atoms. The second kappa shape index (κ2) is 10.8. The van der Waals surface area contributed by atoms with Crippen LogP contribution in [0.4, 0.5) is 4.79 Å². The zero-order valence-electron chi connectivity index (χ0n) is 18.1. The third-order valence-electron chi connectivity index (χ3n) is 5.74. The molecule has 1 aliphatic heterocycles. The molecular formula is C24H32N4O3. The fraction of sp³-hybridized carbons (Fsp3) is 0.417. The summed E-state index contributed by atoms with van der Waals surface area (Å²) in [5.41, 5.74) is 12.5. The van der Waals surface area contributed by atoms with E-state index >= 15 is 0 Å². The van der Waals surface area contributed by atoms with Crippen molar-refractivity contribution in [1.82, 2.24) is 9.80 Å². The Hall–Kier alpha value is -3.06. The highest BCUT2D eigenvalue weighted by atomic mass is 16.5. The van der Waals surface area contributed by atoms with Gasteiger partial charge in [-0.2, -0.15) is 0 Å². The van der Waals surface area contributed by atoms with Crippen LogP contribution in [-0.4, -0.2) is 47.4 Å². The molecule has 1 saturated heterocycles. The van der Waals surface area contributed by atoms with Gasteiger partial charge < -0.3 is 21.1 Å². The number of unbranched alkanes of at least 4 members (excludes halogenated alkanes) is 1. The molecule has 7 nitrogen and oxygen atoms in total. The summed E-state index contributed by atoms with van der Waals surface area (Å²) in [6, 6.07) is 14.7. The van der Waals surface area contributed by atoms with Crippen molar-refractivity contribution in [2.24, 2.45) is 11.5 Å². The molecule has 3 rings (SSSR count). The molecule has 0 aromatic heterocycles. The van der Waals surface area contributed by atoms with Crippen molar-refractivity contribution in [2.45, 2.75) is 45.2 Å². The van der Waals surface area contributed by atoms with Crippen LogP contribution in [0.15, 0.2) is 48.5 Å². The zero-order chi connectivity index (χ0) is 22.2. The predicted octanol–water partition coefficient (Wildman–Crippen LogP) is 3.72. The number of urea groups is 1. The van der Waals surface area contributed by atoms with Gasteiger partial charge in [-0.15, -0.1) is 0 Å². The van der Waals surface area contributed by atoms with Gasteiger partial charge in [-0.25, -0.2) is 4.79 Å². The lowest BCUT2D eigenvalue weighted by molar-refractivity contribution is 0.1000. The van der Waals surface area contributed by atoms with Crippen LogP contribution in [0.25, 0.3) is 0 Å². The molecule has 166 valence electrons. The van der Waals surface area contributed by atoms with Gasteiger partial charge in [-0.1, -0.05) is 25.5 Å². The largest absolute Gasteiger partial charge is 0.457 e. The van der Waals surface area contributed by atoms with E-state index in [0.29, 0.717) is 11.3 Å². The van der Waals surface area contributed by atoms with E-state index < -0.39 is 5.91 Å². The minimum atomic E-state index is -0.455. The highest BCUT2D eigenvalue weighted by molar-refractivity contribution is 5.92. The average molecular weight is 425 g/mol. The second-order valence-corrected chi connectivity index (χ2v) is 8.03. The Labute approximate surface area is 183 Å². The van der Waals surface area contributed by atoms with E-state index in [1.165, 1.54) is 5.56 Å². The number of rotatable bonds is 9. The van der Waals surface area contributed by atoms with Crippen LogP contribution in [0, 0.1) is 0 Å². The maximum absolute atomic E-state index is 11.8. The van der Waals surface area contributed by atoms with Crippen molar-refractivity contribution in [1.29, 1.82) is 0 Å². The summed E-state index contributed by atoms with van der Waals surface area (Å²) in [6.45, 7) is 5.64. The van der Waals surface area contributed by atoms with Crippen molar-refractivity contribution in [2.75, 3.05) is 19.6 Å². The molecule has 4 N–H and O–H groups in total. The molecule has 1 fully saturated rings. The van der Waals surface area contributed by atoms with E-state index in [4.69, 9.17) is 16.2 Å². The van der Waals surface area contributed by atoms with E-state index in [-0.39, 0.29) is 12.1 Å². The van der Waals surface area contributed by atoms with E-state index in [2.05, 4.69) is 24.0 Å². The van der Waals surface area contributed by atoms with Crippen molar-refractivity contribution in [3.8, 4) is 11.5 Å². The van der Waals surface area contributed by atoms with Crippen LogP contribution >= 0.6 is 0 Å². The van der Waals surface area contributed by atoms with Gasteiger partial charge in [0.25, 0.3) is 0 Å². The van der Waals surface area contributed by atoms with Crippen LogP contribution in [0.2, 0.25) is 0 Å². The topological polar surface area (TPSA) is 102 Å². The Kier molecular flexibility index (Phi) is 7.89. The minimum absolute atomic E-state index is 0.247. The minimum Gasteiger partial charge on any atom is -0.457 e. The Morgan fingerprint density at radius 1 is 1.00 bits per heavy atom. The molecule has 0 saturated carbocycles. The van der Waals surface area contributed by atoms with E-state index in [0.717, 1.165) is 57.6 Å². The van der Waals surface area contributed by atoms with Crippen molar-refractivity contribution < 1.29 is 14.3 Å². The smallest absolute Gasteiger partial charge is 0.315 e. The van der Waals surface area contributed by atoms with Gasteiger partial charge in [0, 0.05) is 37.8 Å². The lowest BCUT2D eigenvalue weighted by atomic mass is 10.0. The number of nitrogens with zero attached hydrogens (tertiary/aromatic N) is 2. The number of amides is 3. The summed E-state index contributed by atoms with van der Waals surface area (Å²) in [5.74, 6) is 0.937. The lowest BCUT2D eigenvalue weighted by Gasteiger charge is -2.37. The molecule has 1 heterocycles. The molecule has 0 aliphatic carbocycles.